The molecule has 94 valence electrons. The topological polar surface area (TPSA) is 26.0 Å². The zero-order chi connectivity index (χ0) is 12.6. The molecule has 0 amide bonds. The summed E-state index contributed by atoms with van der Waals surface area (Å²) in [6.45, 7) is 0. The minimum Gasteiger partial charge on any atom is -0.324 e. The zero-order valence-electron chi connectivity index (χ0n) is 9.10. The van der Waals surface area contributed by atoms with Gasteiger partial charge in [-0.15, -0.1) is 0 Å². The molecule has 0 radical (unpaired) electrons. The Kier molecular flexibility index (Phi) is 3.12. The summed E-state index contributed by atoms with van der Waals surface area (Å²) in [5.74, 6) is -0.976. The zero-order valence-corrected chi connectivity index (χ0v) is 9.10. The second-order valence-corrected chi connectivity index (χ2v) is 4.45. The van der Waals surface area contributed by atoms with Crippen LogP contribution in [0.15, 0.2) is 18.2 Å². The van der Waals surface area contributed by atoms with Crippen LogP contribution in [-0.4, -0.2) is 0 Å². The molecule has 1 saturated carbocycles. The van der Waals surface area contributed by atoms with Gasteiger partial charge in [-0.1, -0.05) is 12.5 Å². The van der Waals surface area contributed by atoms with Crippen molar-refractivity contribution in [2.75, 3.05) is 0 Å². The average Bonchev–Trinajstić information content (AvgIpc) is 2.12. The second-order valence-electron chi connectivity index (χ2n) is 4.45. The van der Waals surface area contributed by atoms with Crippen LogP contribution in [-0.2, 0) is 6.18 Å². The van der Waals surface area contributed by atoms with Gasteiger partial charge in [0.05, 0.1) is 5.56 Å². The molecule has 0 saturated heterocycles. The third kappa shape index (κ3) is 2.44. The maximum absolute atomic E-state index is 13.3. The molecule has 1 fully saturated rings. The van der Waals surface area contributed by atoms with E-state index in [9.17, 15) is 17.6 Å². The predicted octanol–water partition coefficient (Wildman–Crippen LogP) is 3.64. The van der Waals surface area contributed by atoms with E-state index in [1.807, 2.05) is 0 Å². The molecule has 17 heavy (non-hydrogen) atoms. The number of alkyl halides is 3. The second kappa shape index (κ2) is 4.29. The van der Waals surface area contributed by atoms with Crippen LogP contribution in [0.5, 0.6) is 0 Å². The average molecular weight is 247 g/mol. The van der Waals surface area contributed by atoms with Crippen molar-refractivity contribution in [2.45, 2.75) is 31.5 Å². The van der Waals surface area contributed by atoms with E-state index >= 15 is 0 Å². The van der Waals surface area contributed by atoms with Crippen LogP contribution in [0.25, 0.3) is 0 Å². The van der Waals surface area contributed by atoms with E-state index in [2.05, 4.69) is 0 Å². The van der Waals surface area contributed by atoms with Crippen LogP contribution >= 0.6 is 0 Å². The Balaban J connectivity index is 2.24. The van der Waals surface area contributed by atoms with Crippen molar-refractivity contribution in [3.05, 3.63) is 35.1 Å². The van der Waals surface area contributed by atoms with Crippen molar-refractivity contribution < 1.29 is 17.6 Å². The molecule has 0 spiro atoms. The molecule has 1 atom stereocenters. The van der Waals surface area contributed by atoms with Crippen molar-refractivity contribution in [1.82, 2.24) is 0 Å². The molecule has 1 aliphatic carbocycles. The lowest BCUT2D eigenvalue weighted by Crippen LogP contribution is -2.27. The predicted molar refractivity (Wildman–Crippen MR) is 55.7 cm³/mol. The number of hydrogen-bond acceptors (Lipinski definition) is 1. The number of nitrogens with two attached hydrogens (primary N) is 1. The Bertz CT molecular complexity index is 409. The Hall–Kier alpha value is -1.10. The molecule has 5 heteroatoms. The Morgan fingerprint density at radius 2 is 1.88 bits per heavy atom. The van der Waals surface area contributed by atoms with Crippen molar-refractivity contribution in [2.24, 2.45) is 11.7 Å². The molecular weight excluding hydrogens is 234 g/mol. The Morgan fingerprint density at radius 1 is 1.24 bits per heavy atom. The van der Waals surface area contributed by atoms with E-state index in [1.165, 1.54) is 6.07 Å². The van der Waals surface area contributed by atoms with E-state index in [-0.39, 0.29) is 12.0 Å². The molecule has 0 aliphatic heterocycles. The smallest absolute Gasteiger partial charge is 0.324 e. The number of hydrogen-bond donors (Lipinski definition) is 1. The maximum Gasteiger partial charge on any atom is 0.419 e. The summed E-state index contributed by atoms with van der Waals surface area (Å²) in [5, 5.41) is 0. The van der Waals surface area contributed by atoms with Crippen LogP contribution in [0.2, 0.25) is 0 Å². The van der Waals surface area contributed by atoms with Crippen LogP contribution < -0.4 is 5.73 Å². The van der Waals surface area contributed by atoms with Crippen molar-refractivity contribution >= 4 is 0 Å². The summed E-state index contributed by atoms with van der Waals surface area (Å²) >= 11 is 0. The van der Waals surface area contributed by atoms with E-state index in [0.717, 1.165) is 31.4 Å². The van der Waals surface area contributed by atoms with Crippen LogP contribution in [0, 0.1) is 11.7 Å². The summed E-state index contributed by atoms with van der Waals surface area (Å²) in [6.07, 6.45) is -1.64. The summed E-state index contributed by atoms with van der Waals surface area (Å²) < 4.78 is 50.4. The summed E-state index contributed by atoms with van der Waals surface area (Å²) in [7, 11) is 0. The van der Waals surface area contributed by atoms with E-state index < -0.39 is 17.6 Å². The molecule has 1 aromatic carbocycles. The molecule has 1 aromatic rings. The van der Waals surface area contributed by atoms with Gasteiger partial charge >= 0.3 is 6.18 Å². The van der Waals surface area contributed by atoms with E-state index in [0.29, 0.717) is 5.56 Å². The summed E-state index contributed by atoms with van der Waals surface area (Å²) in [5.41, 5.74) is 5.09. The van der Waals surface area contributed by atoms with Gasteiger partial charge < -0.3 is 5.73 Å². The Labute approximate surface area is 96.6 Å². The van der Waals surface area contributed by atoms with Gasteiger partial charge in [-0.05, 0) is 36.5 Å². The van der Waals surface area contributed by atoms with Crippen molar-refractivity contribution in [3.8, 4) is 0 Å². The third-order valence-electron chi connectivity index (χ3n) is 3.34. The highest BCUT2D eigenvalue weighted by Crippen LogP contribution is 2.38. The first-order chi connectivity index (χ1) is 7.89. The number of benzene rings is 1. The molecule has 1 nitrogen and oxygen atoms in total. The summed E-state index contributed by atoms with van der Waals surface area (Å²) in [4.78, 5) is 0. The molecule has 2 rings (SSSR count). The lowest BCUT2D eigenvalue weighted by molar-refractivity contribution is -0.140. The number of rotatable bonds is 2. The SMILES string of the molecule is NC(c1ccc(C(F)(F)F)c(F)c1)C1CCC1. The number of halogens is 4. The van der Waals surface area contributed by atoms with Gasteiger partial charge in [-0.2, -0.15) is 13.2 Å². The minimum atomic E-state index is -4.65. The highest BCUT2D eigenvalue weighted by atomic mass is 19.4. The van der Waals surface area contributed by atoms with E-state index in [1.54, 1.807) is 0 Å². The highest BCUT2D eigenvalue weighted by Gasteiger charge is 2.34. The van der Waals surface area contributed by atoms with Crippen molar-refractivity contribution in [3.63, 3.8) is 0 Å². The molecule has 1 aliphatic rings. The van der Waals surface area contributed by atoms with Crippen LogP contribution in [0.3, 0.4) is 0 Å². The highest BCUT2D eigenvalue weighted by molar-refractivity contribution is 5.29. The van der Waals surface area contributed by atoms with Gasteiger partial charge in [0, 0.05) is 6.04 Å². The first-order valence-electron chi connectivity index (χ1n) is 5.52. The Morgan fingerprint density at radius 3 is 2.29 bits per heavy atom. The van der Waals surface area contributed by atoms with Gasteiger partial charge in [-0.25, -0.2) is 4.39 Å². The lowest BCUT2D eigenvalue weighted by atomic mass is 9.77. The molecule has 0 bridgehead atoms. The molecule has 2 N–H and O–H groups in total. The van der Waals surface area contributed by atoms with Gasteiger partial charge in [0.2, 0.25) is 0 Å². The fourth-order valence-corrected chi connectivity index (χ4v) is 2.04. The molecule has 1 unspecified atom stereocenters. The van der Waals surface area contributed by atoms with Crippen LogP contribution in [0.1, 0.15) is 36.4 Å². The van der Waals surface area contributed by atoms with Gasteiger partial charge in [0.15, 0.2) is 0 Å². The fraction of sp³-hybridized carbons (Fsp3) is 0.500. The largest absolute Gasteiger partial charge is 0.419 e. The van der Waals surface area contributed by atoms with Gasteiger partial charge in [0.25, 0.3) is 0 Å². The lowest BCUT2D eigenvalue weighted by Gasteiger charge is -2.31. The molecule has 0 heterocycles. The van der Waals surface area contributed by atoms with E-state index in [4.69, 9.17) is 5.73 Å². The monoisotopic (exact) mass is 247 g/mol. The maximum atomic E-state index is 13.3. The van der Waals surface area contributed by atoms with Crippen LogP contribution in [0.4, 0.5) is 17.6 Å². The molecular formula is C12H13F4N. The normalized spacial score (nSPS) is 18.9. The first kappa shape index (κ1) is 12.4. The standard InChI is InChI=1S/C12H13F4N/c13-10-6-8(11(17)7-2-1-3-7)4-5-9(10)12(14,15)16/h4-7,11H,1-3,17H2. The fourth-order valence-electron chi connectivity index (χ4n) is 2.04. The minimum absolute atomic E-state index is 0.270. The first-order valence-corrected chi connectivity index (χ1v) is 5.52. The molecule has 0 aromatic heterocycles. The van der Waals surface area contributed by atoms with Gasteiger partial charge in [0.1, 0.15) is 5.82 Å². The third-order valence-corrected chi connectivity index (χ3v) is 3.34. The quantitative estimate of drug-likeness (QED) is 0.793. The van der Waals surface area contributed by atoms with Crippen molar-refractivity contribution in [1.29, 1.82) is 0 Å². The summed E-state index contributed by atoms with van der Waals surface area (Å²) in [6, 6.07) is 2.59. The van der Waals surface area contributed by atoms with Gasteiger partial charge in [-0.3, -0.25) is 0 Å².